The van der Waals surface area contributed by atoms with Gasteiger partial charge in [0.05, 0.1) is 12.0 Å². The van der Waals surface area contributed by atoms with E-state index in [0.29, 0.717) is 13.1 Å². The molecular formula is C18H22N2O3. The zero-order chi connectivity index (χ0) is 16.0. The van der Waals surface area contributed by atoms with E-state index >= 15 is 0 Å². The van der Waals surface area contributed by atoms with Crippen molar-refractivity contribution >= 4 is 17.6 Å². The van der Waals surface area contributed by atoms with E-state index in [2.05, 4.69) is 11.0 Å². The lowest BCUT2D eigenvalue weighted by atomic mass is 9.81. The third-order valence-electron chi connectivity index (χ3n) is 5.91. The third kappa shape index (κ3) is 2.26. The molecule has 1 N–H and O–H groups in total. The van der Waals surface area contributed by atoms with Crippen molar-refractivity contribution < 1.29 is 14.7 Å². The minimum atomic E-state index is -0.679. The number of anilines is 1. The maximum atomic E-state index is 12.7. The molecule has 0 bridgehead atoms. The first kappa shape index (κ1) is 14.7. The van der Waals surface area contributed by atoms with Gasteiger partial charge in [0, 0.05) is 25.3 Å². The number of amides is 1. The van der Waals surface area contributed by atoms with E-state index in [9.17, 15) is 14.7 Å². The second-order valence-corrected chi connectivity index (χ2v) is 7.14. The molecule has 0 spiro atoms. The molecule has 23 heavy (non-hydrogen) atoms. The van der Waals surface area contributed by atoms with Crippen molar-refractivity contribution in [3.63, 3.8) is 0 Å². The van der Waals surface area contributed by atoms with Gasteiger partial charge in [-0.1, -0.05) is 24.6 Å². The Labute approximate surface area is 135 Å². The van der Waals surface area contributed by atoms with Gasteiger partial charge in [-0.2, -0.15) is 0 Å². The van der Waals surface area contributed by atoms with Crippen molar-refractivity contribution in [1.82, 2.24) is 4.90 Å². The van der Waals surface area contributed by atoms with Crippen LogP contribution in [0.15, 0.2) is 24.3 Å². The number of aliphatic carboxylic acids is 1. The predicted octanol–water partition coefficient (Wildman–Crippen LogP) is 1.76. The van der Waals surface area contributed by atoms with Crippen molar-refractivity contribution in [2.45, 2.75) is 25.7 Å². The molecule has 3 aliphatic rings. The summed E-state index contributed by atoms with van der Waals surface area (Å²) in [6, 6.07) is 8.04. The van der Waals surface area contributed by atoms with Gasteiger partial charge in [0.25, 0.3) is 0 Å². The first-order valence-electron chi connectivity index (χ1n) is 8.44. The fourth-order valence-electron chi connectivity index (χ4n) is 4.74. The van der Waals surface area contributed by atoms with Crippen molar-refractivity contribution in [1.29, 1.82) is 0 Å². The summed E-state index contributed by atoms with van der Waals surface area (Å²) in [7, 11) is 0. The molecule has 2 heterocycles. The van der Waals surface area contributed by atoms with Crippen LogP contribution in [0.5, 0.6) is 0 Å². The molecule has 1 amide bonds. The molecule has 2 atom stereocenters. The number of rotatable bonds is 3. The molecule has 0 radical (unpaired) electrons. The number of hydrogen-bond acceptors (Lipinski definition) is 3. The van der Waals surface area contributed by atoms with E-state index in [1.807, 2.05) is 23.1 Å². The van der Waals surface area contributed by atoms with Gasteiger partial charge in [-0.05, 0) is 36.8 Å². The van der Waals surface area contributed by atoms with Crippen LogP contribution in [0.4, 0.5) is 5.69 Å². The number of carboxylic acids is 1. The molecular weight excluding hydrogens is 292 g/mol. The van der Waals surface area contributed by atoms with Crippen molar-refractivity contribution in [3.8, 4) is 0 Å². The highest BCUT2D eigenvalue weighted by Gasteiger charge is 2.55. The van der Waals surface area contributed by atoms with Crippen LogP contribution in [0.2, 0.25) is 0 Å². The first-order chi connectivity index (χ1) is 11.1. The normalized spacial score (nSPS) is 29.6. The Kier molecular flexibility index (Phi) is 3.41. The Hall–Kier alpha value is -1.88. The average molecular weight is 314 g/mol. The molecule has 2 aliphatic heterocycles. The summed E-state index contributed by atoms with van der Waals surface area (Å²) in [6.45, 7) is 2.33. The van der Waals surface area contributed by atoms with Gasteiger partial charge in [-0.3, -0.25) is 14.5 Å². The predicted molar refractivity (Wildman–Crippen MR) is 86.3 cm³/mol. The van der Waals surface area contributed by atoms with E-state index in [4.69, 9.17) is 0 Å². The van der Waals surface area contributed by atoms with Crippen LogP contribution in [0.3, 0.4) is 0 Å². The van der Waals surface area contributed by atoms with E-state index in [-0.39, 0.29) is 11.8 Å². The van der Waals surface area contributed by atoms with Gasteiger partial charge in [0.1, 0.15) is 0 Å². The zero-order valence-electron chi connectivity index (χ0n) is 13.2. The number of fused-ring (bicyclic) bond motifs is 2. The van der Waals surface area contributed by atoms with Gasteiger partial charge >= 0.3 is 5.97 Å². The van der Waals surface area contributed by atoms with Crippen LogP contribution in [-0.2, 0) is 16.0 Å². The number of carboxylic acid groups (broad SMARTS) is 1. The molecule has 1 saturated heterocycles. The number of hydrogen-bond donors (Lipinski definition) is 1. The summed E-state index contributed by atoms with van der Waals surface area (Å²) >= 11 is 0. The summed E-state index contributed by atoms with van der Waals surface area (Å²) in [5.74, 6) is -0.379. The van der Waals surface area contributed by atoms with Crippen molar-refractivity contribution in [3.05, 3.63) is 29.8 Å². The van der Waals surface area contributed by atoms with E-state index in [1.54, 1.807) is 0 Å². The molecule has 4 rings (SSSR count). The second kappa shape index (κ2) is 5.34. The Morgan fingerprint density at radius 1 is 1.30 bits per heavy atom. The molecule has 1 aromatic carbocycles. The maximum absolute atomic E-state index is 12.7. The van der Waals surface area contributed by atoms with Crippen molar-refractivity contribution in [2.24, 2.45) is 11.3 Å². The average Bonchev–Trinajstić information content (AvgIpc) is 3.18. The standard InChI is InChI=1S/C18H22N2O3/c21-16(20-9-7-13-4-1-2-6-15(13)20)11-19-10-14-5-3-8-18(14,12-19)17(22)23/h1-2,4,6,14H,3,5,7-12H2,(H,22,23)/t14-,18+/m0/s1. The van der Waals surface area contributed by atoms with E-state index in [0.717, 1.165) is 44.5 Å². The van der Waals surface area contributed by atoms with Gasteiger partial charge in [-0.15, -0.1) is 0 Å². The largest absolute Gasteiger partial charge is 0.481 e. The Morgan fingerprint density at radius 2 is 2.13 bits per heavy atom. The highest BCUT2D eigenvalue weighted by Crippen LogP contribution is 2.48. The van der Waals surface area contributed by atoms with Crippen LogP contribution in [0, 0.1) is 11.3 Å². The summed E-state index contributed by atoms with van der Waals surface area (Å²) in [4.78, 5) is 28.3. The third-order valence-corrected chi connectivity index (χ3v) is 5.91. The molecule has 0 unspecified atom stereocenters. The molecule has 1 aliphatic carbocycles. The van der Waals surface area contributed by atoms with Gasteiger partial charge in [0.15, 0.2) is 0 Å². The molecule has 2 fully saturated rings. The molecule has 5 nitrogen and oxygen atoms in total. The van der Waals surface area contributed by atoms with Crippen LogP contribution < -0.4 is 4.90 Å². The van der Waals surface area contributed by atoms with E-state index < -0.39 is 11.4 Å². The Balaban J connectivity index is 1.46. The number of para-hydroxylation sites is 1. The molecule has 1 aromatic rings. The smallest absolute Gasteiger partial charge is 0.311 e. The summed E-state index contributed by atoms with van der Waals surface area (Å²) in [5.41, 5.74) is 1.63. The van der Waals surface area contributed by atoms with Crippen LogP contribution in [0.1, 0.15) is 24.8 Å². The van der Waals surface area contributed by atoms with Crippen LogP contribution in [-0.4, -0.2) is 48.1 Å². The molecule has 5 heteroatoms. The van der Waals surface area contributed by atoms with E-state index in [1.165, 1.54) is 5.56 Å². The fourth-order valence-corrected chi connectivity index (χ4v) is 4.74. The minimum absolute atomic E-state index is 0.0930. The van der Waals surface area contributed by atoms with Gasteiger partial charge in [0.2, 0.25) is 5.91 Å². The quantitative estimate of drug-likeness (QED) is 0.923. The highest BCUT2D eigenvalue weighted by atomic mass is 16.4. The molecule has 1 saturated carbocycles. The lowest BCUT2D eigenvalue weighted by molar-refractivity contribution is -0.149. The maximum Gasteiger partial charge on any atom is 0.311 e. The first-order valence-corrected chi connectivity index (χ1v) is 8.44. The molecule has 0 aromatic heterocycles. The summed E-state index contributed by atoms with van der Waals surface area (Å²) in [5, 5.41) is 9.65. The monoisotopic (exact) mass is 314 g/mol. The SMILES string of the molecule is O=C(CN1C[C@@H]2CCC[C@@]2(C(=O)O)C1)N1CCc2ccccc21. The lowest BCUT2D eigenvalue weighted by Crippen LogP contribution is -2.41. The van der Waals surface area contributed by atoms with Gasteiger partial charge < -0.3 is 10.0 Å². The lowest BCUT2D eigenvalue weighted by Gasteiger charge is -2.24. The second-order valence-electron chi connectivity index (χ2n) is 7.14. The number of nitrogens with zero attached hydrogens (tertiary/aromatic N) is 2. The number of benzene rings is 1. The van der Waals surface area contributed by atoms with Crippen LogP contribution >= 0.6 is 0 Å². The topological polar surface area (TPSA) is 60.9 Å². The zero-order valence-corrected chi connectivity index (χ0v) is 13.2. The Bertz CT molecular complexity index is 659. The fraction of sp³-hybridized carbons (Fsp3) is 0.556. The van der Waals surface area contributed by atoms with Crippen molar-refractivity contribution in [2.75, 3.05) is 31.1 Å². The summed E-state index contributed by atoms with van der Waals surface area (Å²) in [6.07, 6.45) is 3.63. The highest BCUT2D eigenvalue weighted by molar-refractivity contribution is 5.96. The number of carbonyl (C=O) groups is 2. The molecule has 122 valence electrons. The van der Waals surface area contributed by atoms with Gasteiger partial charge in [-0.25, -0.2) is 0 Å². The summed E-state index contributed by atoms with van der Waals surface area (Å²) < 4.78 is 0. The number of carbonyl (C=O) groups excluding carboxylic acids is 1. The number of likely N-dealkylation sites (tertiary alicyclic amines) is 1. The Morgan fingerprint density at radius 3 is 2.91 bits per heavy atom. The minimum Gasteiger partial charge on any atom is -0.481 e. The van der Waals surface area contributed by atoms with Crippen LogP contribution in [0.25, 0.3) is 0 Å².